The van der Waals surface area contributed by atoms with Crippen molar-refractivity contribution in [2.24, 2.45) is 0 Å². The number of urea groups is 1. The molecular weight excluding hydrogens is 391 g/mol. The molecule has 1 aromatic carbocycles. The number of ether oxygens (including phenoxy) is 1. The van der Waals surface area contributed by atoms with Gasteiger partial charge in [-0.2, -0.15) is 18.4 Å². The number of benzene rings is 1. The lowest BCUT2D eigenvalue weighted by atomic mass is 10.0. The van der Waals surface area contributed by atoms with E-state index in [0.29, 0.717) is 23.8 Å². The summed E-state index contributed by atoms with van der Waals surface area (Å²) in [5.41, 5.74) is -3.32. The van der Waals surface area contributed by atoms with E-state index in [9.17, 15) is 27.6 Å². The fraction of sp³-hybridized carbons (Fsp3) is 0.474. The van der Waals surface area contributed by atoms with E-state index in [4.69, 9.17) is 10.00 Å². The van der Waals surface area contributed by atoms with E-state index >= 15 is 0 Å². The van der Waals surface area contributed by atoms with Crippen LogP contribution in [0.25, 0.3) is 0 Å². The molecule has 1 saturated heterocycles. The number of carbonyl (C=O) groups is 3. The third-order valence-electron chi connectivity index (χ3n) is 4.59. The molecule has 0 bridgehead atoms. The van der Waals surface area contributed by atoms with Crippen molar-refractivity contribution in [1.29, 1.82) is 5.26 Å². The van der Waals surface area contributed by atoms with Gasteiger partial charge in [0, 0.05) is 13.5 Å². The van der Waals surface area contributed by atoms with E-state index < -0.39 is 40.7 Å². The molecule has 3 amide bonds. The summed E-state index contributed by atoms with van der Waals surface area (Å²) in [7, 11) is 0. The number of halogens is 3. The second kappa shape index (κ2) is 8.11. The third-order valence-corrected chi connectivity index (χ3v) is 4.59. The van der Waals surface area contributed by atoms with Gasteiger partial charge in [0.1, 0.15) is 5.54 Å². The zero-order chi connectivity index (χ0) is 22.0. The summed E-state index contributed by atoms with van der Waals surface area (Å²) in [4.78, 5) is 38.3. The standard InChI is InChI=1S/C19H20F3N3O4/c1-12(26)29-9-5-4-8-24-17(28)25(16(27)18(24,2)3)14-7-6-13(11-23)15(10-14)19(20,21)22/h6-7,10H,4-5,8-9H2,1-3H3. The minimum atomic E-state index is -4.81. The molecule has 0 atom stereocenters. The molecule has 29 heavy (non-hydrogen) atoms. The fourth-order valence-electron chi connectivity index (χ4n) is 3.03. The van der Waals surface area contributed by atoms with E-state index in [-0.39, 0.29) is 18.8 Å². The van der Waals surface area contributed by atoms with E-state index in [2.05, 4.69) is 0 Å². The number of carbonyl (C=O) groups excluding carboxylic acids is 3. The molecule has 0 unspecified atom stereocenters. The molecule has 1 aliphatic rings. The molecule has 1 aliphatic heterocycles. The summed E-state index contributed by atoms with van der Waals surface area (Å²) in [6.07, 6.45) is -3.91. The summed E-state index contributed by atoms with van der Waals surface area (Å²) in [6.45, 7) is 4.62. The highest BCUT2D eigenvalue weighted by atomic mass is 19.4. The maximum Gasteiger partial charge on any atom is 0.417 e. The van der Waals surface area contributed by atoms with Crippen LogP contribution in [0.1, 0.15) is 44.7 Å². The van der Waals surface area contributed by atoms with Gasteiger partial charge in [-0.15, -0.1) is 0 Å². The van der Waals surface area contributed by atoms with Gasteiger partial charge in [-0.05, 0) is 44.9 Å². The molecule has 2 rings (SSSR count). The Balaban J connectivity index is 2.27. The molecule has 0 N–H and O–H groups in total. The molecular formula is C19H20F3N3O4. The average Bonchev–Trinajstić information content (AvgIpc) is 2.79. The Hall–Kier alpha value is -3.09. The monoisotopic (exact) mass is 411 g/mol. The molecule has 1 fully saturated rings. The van der Waals surface area contributed by atoms with Crippen LogP contribution in [0.15, 0.2) is 18.2 Å². The molecule has 1 aromatic rings. The number of rotatable bonds is 6. The predicted molar refractivity (Wildman–Crippen MR) is 95.7 cm³/mol. The Morgan fingerprint density at radius 1 is 1.24 bits per heavy atom. The number of hydrogen-bond acceptors (Lipinski definition) is 5. The van der Waals surface area contributed by atoms with E-state index in [1.807, 2.05) is 0 Å². The van der Waals surface area contributed by atoms with E-state index in [0.717, 1.165) is 12.1 Å². The number of amides is 3. The van der Waals surface area contributed by atoms with Crippen molar-refractivity contribution in [2.75, 3.05) is 18.1 Å². The number of esters is 1. The summed E-state index contributed by atoms with van der Waals surface area (Å²) in [5.74, 6) is -1.09. The van der Waals surface area contributed by atoms with Gasteiger partial charge >= 0.3 is 18.2 Å². The summed E-state index contributed by atoms with van der Waals surface area (Å²) in [5, 5.41) is 8.91. The van der Waals surface area contributed by atoms with Crippen LogP contribution in [-0.2, 0) is 20.5 Å². The van der Waals surface area contributed by atoms with Crippen LogP contribution in [0.5, 0.6) is 0 Å². The first-order chi connectivity index (χ1) is 13.4. The number of imide groups is 1. The van der Waals surface area contributed by atoms with E-state index in [1.54, 1.807) is 0 Å². The third kappa shape index (κ3) is 4.50. The van der Waals surface area contributed by atoms with Gasteiger partial charge in [-0.25, -0.2) is 9.69 Å². The maximum atomic E-state index is 13.2. The van der Waals surface area contributed by atoms with Gasteiger partial charge in [0.15, 0.2) is 0 Å². The first-order valence-corrected chi connectivity index (χ1v) is 8.82. The topological polar surface area (TPSA) is 90.7 Å². The molecule has 156 valence electrons. The second-order valence-electron chi connectivity index (χ2n) is 7.02. The largest absolute Gasteiger partial charge is 0.466 e. The Labute approximate surface area is 165 Å². The zero-order valence-corrected chi connectivity index (χ0v) is 16.2. The lowest BCUT2D eigenvalue weighted by molar-refractivity contribution is -0.141. The lowest BCUT2D eigenvalue weighted by Crippen LogP contribution is -2.44. The van der Waals surface area contributed by atoms with Gasteiger partial charge in [-0.1, -0.05) is 0 Å². The van der Waals surface area contributed by atoms with Crippen molar-refractivity contribution in [1.82, 2.24) is 4.90 Å². The van der Waals surface area contributed by atoms with Crippen molar-refractivity contribution < 1.29 is 32.3 Å². The first kappa shape index (κ1) is 22.2. The smallest absolute Gasteiger partial charge is 0.417 e. The zero-order valence-electron chi connectivity index (χ0n) is 16.2. The Morgan fingerprint density at radius 3 is 2.45 bits per heavy atom. The van der Waals surface area contributed by atoms with Crippen molar-refractivity contribution in [2.45, 2.75) is 45.3 Å². The van der Waals surface area contributed by atoms with Gasteiger partial charge in [0.05, 0.1) is 29.5 Å². The normalized spacial score (nSPS) is 16.2. The van der Waals surface area contributed by atoms with Gasteiger partial charge in [0.2, 0.25) is 0 Å². The first-order valence-electron chi connectivity index (χ1n) is 8.82. The minimum Gasteiger partial charge on any atom is -0.466 e. The second-order valence-corrected chi connectivity index (χ2v) is 7.02. The SMILES string of the molecule is CC(=O)OCCCCN1C(=O)N(c2ccc(C#N)c(C(F)(F)F)c2)C(=O)C1(C)C. The molecule has 7 nitrogen and oxygen atoms in total. The number of unbranched alkanes of at least 4 members (excludes halogenated alkanes) is 1. The Bertz CT molecular complexity index is 874. The molecule has 0 saturated carbocycles. The summed E-state index contributed by atoms with van der Waals surface area (Å²) < 4.78 is 44.5. The van der Waals surface area contributed by atoms with Crippen molar-refractivity contribution in [3.8, 4) is 6.07 Å². The van der Waals surface area contributed by atoms with Crippen LogP contribution in [0.3, 0.4) is 0 Å². The highest BCUT2D eigenvalue weighted by molar-refractivity contribution is 6.23. The predicted octanol–water partition coefficient (Wildman–Crippen LogP) is 3.47. The van der Waals surface area contributed by atoms with Crippen molar-refractivity contribution in [3.05, 3.63) is 29.3 Å². The molecule has 0 aliphatic carbocycles. The summed E-state index contributed by atoms with van der Waals surface area (Å²) >= 11 is 0. The number of anilines is 1. The molecule has 0 aromatic heterocycles. The van der Waals surface area contributed by atoms with Crippen LogP contribution in [0, 0.1) is 11.3 Å². The van der Waals surface area contributed by atoms with E-state index in [1.165, 1.54) is 31.7 Å². The quantitative estimate of drug-likeness (QED) is 0.406. The molecule has 0 spiro atoms. The van der Waals surface area contributed by atoms with Gasteiger partial charge in [0.25, 0.3) is 5.91 Å². The van der Waals surface area contributed by atoms with Crippen LogP contribution >= 0.6 is 0 Å². The lowest BCUT2D eigenvalue weighted by Gasteiger charge is -2.27. The van der Waals surface area contributed by atoms with Crippen molar-refractivity contribution >= 4 is 23.6 Å². The van der Waals surface area contributed by atoms with Crippen LogP contribution < -0.4 is 4.90 Å². The van der Waals surface area contributed by atoms with Crippen LogP contribution in [0.2, 0.25) is 0 Å². The summed E-state index contributed by atoms with van der Waals surface area (Å²) in [6, 6.07) is 3.43. The van der Waals surface area contributed by atoms with Gasteiger partial charge < -0.3 is 9.64 Å². The average molecular weight is 411 g/mol. The van der Waals surface area contributed by atoms with Gasteiger partial charge in [-0.3, -0.25) is 9.59 Å². The Morgan fingerprint density at radius 2 is 1.90 bits per heavy atom. The number of alkyl halides is 3. The highest BCUT2D eigenvalue weighted by Crippen LogP contribution is 2.37. The highest BCUT2D eigenvalue weighted by Gasteiger charge is 2.51. The maximum absolute atomic E-state index is 13.2. The number of nitriles is 1. The fourth-order valence-corrected chi connectivity index (χ4v) is 3.03. The molecule has 10 heteroatoms. The Kier molecular flexibility index (Phi) is 6.21. The molecule has 1 heterocycles. The van der Waals surface area contributed by atoms with Crippen molar-refractivity contribution in [3.63, 3.8) is 0 Å². The molecule has 0 radical (unpaired) electrons. The van der Waals surface area contributed by atoms with Crippen LogP contribution in [-0.4, -0.2) is 41.5 Å². The number of nitrogens with zero attached hydrogens (tertiary/aromatic N) is 3. The number of hydrogen-bond donors (Lipinski definition) is 0. The minimum absolute atomic E-state index is 0.164. The van der Waals surface area contributed by atoms with Crippen LogP contribution in [0.4, 0.5) is 23.7 Å².